The van der Waals surface area contributed by atoms with Crippen LogP contribution in [0, 0.1) is 24.2 Å². The third kappa shape index (κ3) is 5.82. The molecule has 0 aliphatic heterocycles. The Hall–Kier alpha value is -2.13. The highest BCUT2D eigenvalue weighted by atomic mass is 16.4. The van der Waals surface area contributed by atoms with Crippen LogP contribution in [0.5, 0.6) is 0 Å². The summed E-state index contributed by atoms with van der Waals surface area (Å²) in [7, 11) is 0. The molecule has 2 aliphatic carbocycles. The van der Waals surface area contributed by atoms with Crippen LogP contribution in [0.3, 0.4) is 0 Å². The van der Waals surface area contributed by atoms with Crippen molar-refractivity contribution in [2.45, 2.75) is 95.0 Å². The normalized spacial score (nSPS) is 28.6. The van der Waals surface area contributed by atoms with Crippen molar-refractivity contribution < 1.29 is 15.0 Å². The van der Waals surface area contributed by atoms with Crippen LogP contribution in [0.4, 0.5) is 0 Å². The summed E-state index contributed by atoms with van der Waals surface area (Å²) in [5.74, 6) is 0.825. The third-order valence-corrected chi connectivity index (χ3v) is 9.11. The van der Waals surface area contributed by atoms with Gasteiger partial charge in [-0.3, -0.25) is 4.79 Å². The lowest BCUT2D eigenvalue weighted by Gasteiger charge is -2.47. The summed E-state index contributed by atoms with van der Waals surface area (Å²) in [6.45, 7) is 4.78. The summed E-state index contributed by atoms with van der Waals surface area (Å²) in [5, 5.41) is 19.9. The molecular formula is C32H43O3-. The first-order valence-corrected chi connectivity index (χ1v) is 13.9. The first-order valence-electron chi connectivity index (χ1n) is 13.9. The number of carboxylic acids is 1. The summed E-state index contributed by atoms with van der Waals surface area (Å²) >= 11 is 0. The number of aliphatic hydroxyl groups excluding tert-OH is 1. The molecule has 2 aromatic carbocycles. The van der Waals surface area contributed by atoms with Crippen LogP contribution in [0.2, 0.25) is 0 Å². The van der Waals surface area contributed by atoms with Gasteiger partial charge in [-0.2, -0.15) is 0 Å². The number of fused-ring (bicyclic) bond motifs is 1. The molecule has 0 bridgehead atoms. The molecule has 3 nitrogen and oxygen atoms in total. The summed E-state index contributed by atoms with van der Waals surface area (Å²) in [6, 6.07) is 21.8. The lowest BCUT2D eigenvalue weighted by Crippen LogP contribution is -2.36. The minimum absolute atomic E-state index is 0.0108. The molecule has 0 saturated heterocycles. The zero-order chi connectivity index (χ0) is 24.7. The molecule has 2 saturated carbocycles. The molecule has 0 heterocycles. The maximum absolute atomic E-state index is 11.1. The van der Waals surface area contributed by atoms with E-state index < -0.39 is 5.97 Å². The van der Waals surface area contributed by atoms with E-state index in [0.717, 1.165) is 38.5 Å². The van der Waals surface area contributed by atoms with Gasteiger partial charge in [-0.15, -0.1) is 5.92 Å². The Morgan fingerprint density at radius 2 is 1.51 bits per heavy atom. The minimum atomic E-state index is -0.682. The monoisotopic (exact) mass is 475 g/mol. The van der Waals surface area contributed by atoms with Gasteiger partial charge in [-0.25, -0.2) is 0 Å². The summed E-state index contributed by atoms with van der Waals surface area (Å²) < 4.78 is 0. The van der Waals surface area contributed by atoms with Gasteiger partial charge in [0.05, 0.1) is 6.10 Å². The van der Waals surface area contributed by atoms with Gasteiger partial charge in [0.15, 0.2) is 0 Å². The average Bonchev–Trinajstić information content (AvgIpc) is 3.38. The van der Waals surface area contributed by atoms with E-state index in [-0.39, 0.29) is 17.4 Å². The largest absolute Gasteiger partial charge is 0.481 e. The summed E-state index contributed by atoms with van der Waals surface area (Å²) in [5.41, 5.74) is 2.74. The fourth-order valence-electron chi connectivity index (χ4n) is 7.55. The van der Waals surface area contributed by atoms with Gasteiger partial charge in [0.2, 0.25) is 0 Å². The van der Waals surface area contributed by atoms with Gasteiger partial charge in [-0.05, 0) is 60.8 Å². The van der Waals surface area contributed by atoms with E-state index in [1.807, 2.05) is 0 Å². The predicted molar refractivity (Wildman–Crippen MR) is 142 cm³/mol. The maximum atomic E-state index is 11.1. The Kier molecular flexibility index (Phi) is 9.05. The molecule has 3 heteroatoms. The highest BCUT2D eigenvalue weighted by Gasteiger charge is 2.60. The molecule has 0 radical (unpaired) electrons. The Bertz CT molecular complexity index is 911. The van der Waals surface area contributed by atoms with Gasteiger partial charge in [0.25, 0.3) is 0 Å². The molecule has 35 heavy (non-hydrogen) atoms. The quantitative estimate of drug-likeness (QED) is 0.230. The van der Waals surface area contributed by atoms with E-state index in [1.165, 1.54) is 43.2 Å². The molecule has 190 valence electrons. The van der Waals surface area contributed by atoms with Gasteiger partial charge in [0, 0.05) is 6.42 Å². The highest BCUT2D eigenvalue weighted by molar-refractivity contribution is 5.66. The second-order valence-corrected chi connectivity index (χ2v) is 11.1. The van der Waals surface area contributed by atoms with Crippen LogP contribution in [0.25, 0.3) is 0 Å². The van der Waals surface area contributed by atoms with Crippen LogP contribution >= 0.6 is 0 Å². The lowest BCUT2D eigenvalue weighted by molar-refractivity contribution is -0.137. The van der Waals surface area contributed by atoms with Crippen molar-refractivity contribution in [2.75, 3.05) is 0 Å². The van der Waals surface area contributed by atoms with E-state index in [4.69, 9.17) is 12.0 Å². The number of rotatable bonds is 13. The molecule has 4 rings (SSSR count). The lowest BCUT2D eigenvalue weighted by atomic mass is 9.60. The summed E-state index contributed by atoms with van der Waals surface area (Å²) in [4.78, 5) is 10.6. The second-order valence-electron chi connectivity index (χ2n) is 11.1. The van der Waals surface area contributed by atoms with Crippen LogP contribution in [0.15, 0.2) is 60.7 Å². The van der Waals surface area contributed by atoms with Gasteiger partial charge in [0.1, 0.15) is 0 Å². The van der Waals surface area contributed by atoms with E-state index >= 15 is 0 Å². The van der Waals surface area contributed by atoms with Crippen molar-refractivity contribution in [2.24, 2.45) is 17.3 Å². The number of aliphatic carboxylic acids is 1. The zero-order valence-electron chi connectivity index (χ0n) is 21.2. The van der Waals surface area contributed by atoms with Crippen LogP contribution in [-0.2, 0) is 4.79 Å². The van der Waals surface area contributed by atoms with Gasteiger partial charge >= 0.3 is 5.97 Å². The molecule has 2 aromatic rings. The van der Waals surface area contributed by atoms with Crippen LogP contribution in [0.1, 0.15) is 100 Å². The Morgan fingerprint density at radius 1 is 0.914 bits per heavy atom. The molecule has 0 unspecified atom stereocenters. The number of benzene rings is 2. The Balaban J connectivity index is 1.44. The number of hydrogen-bond acceptors (Lipinski definition) is 2. The van der Waals surface area contributed by atoms with Crippen molar-refractivity contribution in [3.63, 3.8) is 0 Å². The van der Waals surface area contributed by atoms with E-state index in [2.05, 4.69) is 60.7 Å². The number of carbonyl (C=O) groups is 1. The molecule has 0 spiro atoms. The van der Waals surface area contributed by atoms with Crippen LogP contribution < -0.4 is 0 Å². The second kappa shape index (κ2) is 12.2. The highest BCUT2D eigenvalue weighted by Crippen LogP contribution is 2.69. The first kappa shape index (κ1) is 25.9. The number of carboxylic acid groups (broad SMARTS) is 1. The average molecular weight is 476 g/mol. The Labute approximate surface area is 212 Å². The van der Waals surface area contributed by atoms with Gasteiger partial charge < -0.3 is 17.1 Å². The molecule has 2 N–H and O–H groups in total. The predicted octanol–water partition coefficient (Wildman–Crippen LogP) is 7.76. The minimum Gasteiger partial charge on any atom is -0.481 e. The van der Waals surface area contributed by atoms with Crippen molar-refractivity contribution in [3.8, 4) is 0 Å². The SMILES string of the molecule is [CH2-][C@@H](c1ccccc1)[C@@]12CC[C@@H](O)[C@@H]1C[C@@H](CCCCCCCCCC(=O)O)[C@@H]2c1ccccc1. The Morgan fingerprint density at radius 3 is 2.17 bits per heavy atom. The molecule has 2 fully saturated rings. The molecular weight excluding hydrogens is 432 g/mol. The van der Waals surface area contributed by atoms with E-state index in [9.17, 15) is 9.90 Å². The van der Waals surface area contributed by atoms with Crippen molar-refractivity contribution in [1.82, 2.24) is 0 Å². The van der Waals surface area contributed by atoms with E-state index in [1.54, 1.807) is 0 Å². The maximum Gasteiger partial charge on any atom is 0.303 e. The third-order valence-electron chi connectivity index (χ3n) is 9.11. The van der Waals surface area contributed by atoms with Crippen molar-refractivity contribution in [3.05, 3.63) is 78.7 Å². The molecule has 2 aliphatic rings. The standard InChI is InChI=1S/C32H43O3/c1-24(25-15-10-7-11-16-25)32-22-21-29(33)28(32)23-27(31(32)26-17-12-8-13-18-26)19-9-5-3-2-4-6-14-20-30(34)35/h7-8,10-13,15-18,24,27-29,31,33H,1-6,9,14,19-23H2,(H,34,35)/q-1/t24-,27+,28-,29+,31-,32-/m0/s1. The van der Waals surface area contributed by atoms with Crippen LogP contribution in [-0.4, -0.2) is 22.3 Å². The number of hydrogen-bond donors (Lipinski definition) is 2. The van der Waals surface area contributed by atoms with Gasteiger partial charge in [-0.1, -0.05) is 105 Å². The summed E-state index contributed by atoms with van der Waals surface area (Å²) in [6.07, 6.45) is 12.2. The smallest absolute Gasteiger partial charge is 0.303 e. The van der Waals surface area contributed by atoms with Crippen molar-refractivity contribution >= 4 is 5.97 Å². The number of aliphatic hydroxyl groups is 1. The molecule has 0 amide bonds. The molecule has 0 aromatic heterocycles. The zero-order valence-corrected chi connectivity index (χ0v) is 21.2. The first-order chi connectivity index (χ1) is 17.0. The fraction of sp³-hybridized carbons (Fsp3) is 0.562. The van der Waals surface area contributed by atoms with Crippen molar-refractivity contribution in [1.29, 1.82) is 0 Å². The van der Waals surface area contributed by atoms with E-state index in [0.29, 0.717) is 24.2 Å². The molecule has 6 atom stereocenters. The number of unbranched alkanes of at least 4 members (excludes halogenated alkanes) is 6. The topological polar surface area (TPSA) is 57.5 Å². The fourth-order valence-corrected chi connectivity index (χ4v) is 7.55.